The van der Waals surface area contributed by atoms with E-state index in [2.05, 4.69) is 69.1 Å². The molecule has 2 aromatic rings. The number of hydrogen-bond donors (Lipinski definition) is 1. The lowest BCUT2D eigenvalue weighted by Crippen LogP contribution is -2.04. The lowest BCUT2D eigenvalue weighted by Gasteiger charge is -2.07. The molecule has 0 spiro atoms. The van der Waals surface area contributed by atoms with Crippen LogP contribution in [0.2, 0.25) is 0 Å². The molecule has 21 heavy (non-hydrogen) atoms. The Morgan fingerprint density at radius 3 is 2.81 bits per heavy atom. The monoisotopic (exact) mass is 367 g/mol. The number of thioether (sulfide) groups is 1. The van der Waals surface area contributed by atoms with Crippen molar-refractivity contribution in [3.63, 3.8) is 0 Å². The average molecular weight is 368 g/mol. The number of rotatable bonds is 7. The van der Waals surface area contributed by atoms with Gasteiger partial charge in [-0.2, -0.15) is 5.10 Å². The Kier molecular flexibility index (Phi) is 6.33. The van der Waals surface area contributed by atoms with Crippen LogP contribution in [0.1, 0.15) is 30.8 Å². The van der Waals surface area contributed by atoms with Gasteiger partial charge in [0.2, 0.25) is 0 Å². The summed E-state index contributed by atoms with van der Waals surface area (Å²) in [7, 11) is 1.98. The molecule has 0 aliphatic heterocycles. The molecule has 0 unspecified atom stereocenters. The second-order valence-electron chi connectivity index (χ2n) is 4.84. The van der Waals surface area contributed by atoms with E-state index in [1.165, 1.54) is 20.6 Å². The molecule has 1 N–H and O–H groups in total. The molecule has 5 heteroatoms. The van der Waals surface area contributed by atoms with Crippen molar-refractivity contribution in [2.24, 2.45) is 0 Å². The average Bonchev–Trinajstić information content (AvgIpc) is 2.81. The fraction of sp³-hybridized carbons (Fsp3) is 0.438. The highest BCUT2D eigenvalue weighted by molar-refractivity contribution is 9.10. The van der Waals surface area contributed by atoms with Crippen molar-refractivity contribution in [2.75, 3.05) is 7.05 Å². The first kappa shape index (κ1) is 16.6. The molecule has 1 aromatic carbocycles. The van der Waals surface area contributed by atoms with E-state index in [1.807, 2.05) is 18.8 Å². The van der Waals surface area contributed by atoms with E-state index in [0.29, 0.717) is 0 Å². The van der Waals surface area contributed by atoms with Gasteiger partial charge in [-0.15, -0.1) is 11.8 Å². The first-order chi connectivity index (χ1) is 10.2. The molecule has 114 valence electrons. The third-order valence-electron chi connectivity index (χ3n) is 3.35. The number of nitrogens with zero attached hydrogens (tertiary/aromatic N) is 2. The van der Waals surface area contributed by atoms with Crippen molar-refractivity contribution >= 4 is 27.7 Å². The SMILES string of the molecule is CCc1nn(CC)c(CSc2cccc(CNC)c2)c1Br. The molecule has 0 aliphatic rings. The molecule has 0 bridgehead atoms. The van der Waals surface area contributed by atoms with Crippen molar-refractivity contribution in [2.45, 2.75) is 44.0 Å². The summed E-state index contributed by atoms with van der Waals surface area (Å²) in [6.45, 7) is 6.10. The number of nitrogens with one attached hydrogen (secondary N) is 1. The van der Waals surface area contributed by atoms with Gasteiger partial charge in [0.05, 0.1) is 15.9 Å². The molecular weight excluding hydrogens is 346 g/mol. The summed E-state index contributed by atoms with van der Waals surface area (Å²) < 4.78 is 3.28. The normalized spacial score (nSPS) is 11.0. The van der Waals surface area contributed by atoms with E-state index in [0.717, 1.165) is 31.0 Å². The Labute approximate surface area is 139 Å². The lowest BCUT2D eigenvalue weighted by atomic mass is 10.2. The highest BCUT2D eigenvalue weighted by Gasteiger charge is 2.13. The second-order valence-corrected chi connectivity index (χ2v) is 6.68. The molecule has 1 aromatic heterocycles. The topological polar surface area (TPSA) is 29.9 Å². The van der Waals surface area contributed by atoms with E-state index in [9.17, 15) is 0 Å². The fourth-order valence-corrected chi connectivity index (χ4v) is 4.15. The summed E-state index contributed by atoms with van der Waals surface area (Å²) in [6.07, 6.45) is 0.961. The van der Waals surface area contributed by atoms with Gasteiger partial charge >= 0.3 is 0 Å². The highest BCUT2D eigenvalue weighted by Crippen LogP contribution is 2.29. The first-order valence-electron chi connectivity index (χ1n) is 7.30. The zero-order chi connectivity index (χ0) is 15.2. The third-order valence-corrected chi connectivity index (χ3v) is 5.27. The number of hydrogen-bond acceptors (Lipinski definition) is 3. The van der Waals surface area contributed by atoms with Crippen LogP contribution in [-0.2, 0) is 25.3 Å². The van der Waals surface area contributed by atoms with Crippen LogP contribution in [-0.4, -0.2) is 16.8 Å². The Balaban J connectivity index is 2.12. The van der Waals surface area contributed by atoms with Gasteiger partial charge in [0.1, 0.15) is 0 Å². The molecular formula is C16H22BrN3S. The fourth-order valence-electron chi connectivity index (χ4n) is 2.26. The minimum atomic E-state index is 0.908. The number of benzene rings is 1. The maximum atomic E-state index is 4.65. The molecule has 0 fully saturated rings. The maximum absolute atomic E-state index is 4.65. The van der Waals surface area contributed by atoms with Crippen molar-refractivity contribution in [1.82, 2.24) is 15.1 Å². The first-order valence-corrected chi connectivity index (χ1v) is 9.07. The number of aryl methyl sites for hydroxylation is 2. The second kappa shape index (κ2) is 8.01. The van der Waals surface area contributed by atoms with Crippen molar-refractivity contribution in [3.8, 4) is 0 Å². The molecule has 0 amide bonds. The van der Waals surface area contributed by atoms with Gasteiger partial charge in [-0.1, -0.05) is 19.1 Å². The van der Waals surface area contributed by atoms with Crippen molar-refractivity contribution in [3.05, 3.63) is 45.7 Å². The van der Waals surface area contributed by atoms with Crippen LogP contribution in [0.5, 0.6) is 0 Å². The molecule has 3 nitrogen and oxygen atoms in total. The number of halogens is 1. The Morgan fingerprint density at radius 2 is 2.14 bits per heavy atom. The zero-order valence-electron chi connectivity index (χ0n) is 12.8. The maximum Gasteiger partial charge on any atom is 0.0767 e. The summed E-state index contributed by atoms with van der Waals surface area (Å²) in [5.74, 6) is 0.935. The number of aromatic nitrogens is 2. The Morgan fingerprint density at radius 1 is 1.33 bits per heavy atom. The van der Waals surface area contributed by atoms with Crippen molar-refractivity contribution in [1.29, 1.82) is 0 Å². The molecule has 2 rings (SSSR count). The smallest absolute Gasteiger partial charge is 0.0767 e. The van der Waals surface area contributed by atoms with E-state index in [1.54, 1.807) is 0 Å². The molecule has 0 atom stereocenters. The Bertz CT molecular complexity index is 595. The van der Waals surface area contributed by atoms with Gasteiger partial charge in [-0.05, 0) is 54.0 Å². The van der Waals surface area contributed by atoms with Gasteiger partial charge < -0.3 is 5.32 Å². The van der Waals surface area contributed by atoms with Crippen LogP contribution in [0.3, 0.4) is 0 Å². The predicted molar refractivity (Wildman–Crippen MR) is 93.7 cm³/mol. The van der Waals surface area contributed by atoms with Crippen LogP contribution < -0.4 is 5.32 Å². The van der Waals surface area contributed by atoms with E-state index in [4.69, 9.17) is 0 Å². The molecule has 0 aliphatic carbocycles. The predicted octanol–water partition coefficient (Wildman–Crippen LogP) is 4.24. The van der Waals surface area contributed by atoms with Crippen molar-refractivity contribution < 1.29 is 0 Å². The van der Waals surface area contributed by atoms with Crippen LogP contribution in [0, 0.1) is 0 Å². The minimum absolute atomic E-state index is 0.908. The summed E-state index contributed by atoms with van der Waals surface area (Å²) in [4.78, 5) is 1.30. The third kappa shape index (κ3) is 4.11. The van der Waals surface area contributed by atoms with Gasteiger partial charge in [0, 0.05) is 23.7 Å². The zero-order valence-corrected chi connectivity index (χ0v) is 15.2. The van der Waals surface area contributed by atoms with E-state index >= 15 is 0 Å². The summed E-state index contributed by atoms with van der Waals surface area (Å²) in [5.41, 5.74) is 3.74. The quantitative estimate of drug-likeness (QED) is 0.742. The molecule has 0 radical (unpaired) electrons. The summed E-state index contributed by atoms with van der Waals surface area (Å²) in [5, 5.41) is 7.84. The van der Waals surface area contributed by atoms with Gasteiger partial charge in [-0.3, -0.25) is 4.68 Å². The van der Waals surface area contributed by atoms with Gasteiger partial charge in [0.25, 0.3) is 0 Å². The summed E-state index contributed by atoms with van der Waals surface area (Å²) >= 11 is 5.57. The van der Waals surface area contributed by atoms with Crippen LogP contribution in [0.25, 0.3) is 0 Å². The van der Waals surface area contributed by atoms with Gasteiger partial charge in [0.15, 0.2) is 0 Å². The standard InChI is InChI=1S/C16H22BrN3S/c1-4-14-16(17)15(20(5-2)19-14)11-21-13-8-6-7-12(9-13)10-18-3/h6-9,18H,4-5,10-11H2,1-3H3. The lowest BCUT2D eigenvalue weighted by molar-refractivity contribution is 0.627. The molecule has 0 saturated heterocycles. The van der Waals surface area contributed by atoms with Crippen LogP contribution in [0.4, 0.5) is 0 Å². The minimum Gasteiger partial charge on any atom is -0.316 e. The highest BCUT2D eigenvalue weighted by atomic mass is 79.9. The largest absolute Gasteiger partial charge is 0.316 e. The van der Waals surface area contributed by atoms with E-state index < -0.39 is 0 Å². The molecule has 1 heterocycles. The van der Waals surface area contributed by atoms with Gasteiger partial charge in [-0.25, -0.2) is 0 Å². The summed E-state index contributed by atoms with van der Waals surface area (Å²) in [6, 6.07) is 8.70. The van der Waals surface area contributed by atoms with E-state index in [-0.39, 0.29) is 0 Å². The molecule has 0 saturated carbocycles. The van der Waals surface area contributed by atoms with Crippen LogP contribution >= 0.6 is 27.7 Å². The Hall–Kier alpha value is -0.780. The van der Waals surface area contributed by atoms with Crippen LogP contribution in [0.15, 0.2) is 33.6 Å².